The molecule has 0 bridgehead atoms. The second kappa shape index (κ2) is 8.16. The van der Waals surface area contributed by atoms with Crippen LogP contribution >= 0.6 is 46.3 Å². The fraction of sp³-hybridized carbons (Fsp3) is 0.167. The summed E-state index contributed by atoms with van der Waals surface area (Å²) in [6, 6.07) is 11.8. The quantitative estimate of drug-likeness (QED) is 0.591. The Bertz CT molecular complexity index is 1030. The van der Waals surface area contributed by atoms with E-state index in [9.17, 15) is 9.90 Å². The van der Waals surface area contributed by atoms with E-state index in [1.807, 2.05) is 6.07 Å². The van der Waals surface area contributed by atoms with Gasteiger partial charge >= 0.3 is 0 Å². The monoisotopic (exact) mass is 453 g/mol. The van der Waals surface area contributed by atoms with E-state index >= 15 is 0 Å². The normalized spacial score (nSPS) is 16.6. The van der Waals surface area contributed by atoms with E-state index < -0.39 is 0 Å². The van der Waals surface area contributed by atoms with E-state index in [-0.39, 0.29) is 23.6 Å². The molecule has 28 heavy (non-hydrogen) atoms. The van der Waals surface area contributed by atoms with Gasteiger partial charge in [-0.1, -0.05) is 46.7 Å². The highest BCUT2D eigenvalue weighted by molar-refractivity contribution is 8.00. The molecule has 10 heteroatoms. The van der Waals surface area contributed by atoms with Crippen LogP contribution in [-0.2, 0) is 11.4 Å². The third-order valence-electron chi connectivity index (χ3n) is 3.93. The minimum absolute atomic E-state index is 0.0530. The Morgan fingerprint density at radius 3 is 2.86 bits per heavy atom. The molecular formula is C18H13Cl2N3O3S2. The number of carbonyl (C=O) groups is 1. The number of aromatic nitrogens is 2. The number of amides is 1. The molecule has 1 amide bonds. The predicted octanol–water partition coefficient (Wildman–Crippen LogP) is 4.91. The number of rotatable bonds is 5. The molecule has 1 unspecified atom stereocenters. The molecule has 1 aromatic heterocycles. The van der Waals surface area contributed by atoms with Crippen molar-refractivity contribution in [2.45, 2.75) is 12.0 Å². The SMILES string of the molecule is O=C1CSC(c2cccc(O)c2)N1c1nnc(COc2ccc(Cl)cc2Cl)s1. The van der Waals surface area contributed by atoms with Crippen LogP contribution in [0.25, 0.3) is 0 Å². The Morgan fingerprint density at radius 2 is 2.07 bits per heavy atom. The molecular weight excluding hydrogens is 441 g/mol. The van der Waals surface area contributed by atoms with Crippen LogP contribution in [0, 0.1) is 0 Å². The van der Waals surface area contributed by atoms with Crippen molar-refractivity contribution in [2.24, 2.45) is 0 Å². The first kappa shape index (κ1) is 19.3. The zero-order chi connectivity index (χ0) is 19.7. The molecule has 2 heterocycles. The maximum atomic E-state index is 12.4. The van der Waals surface area contributed by atoms with Crippen LogP contribution in [0.3, 0.4) is 0 Å². The molecule has 144 valence electrons. The van der Waals surface area contributed by atoms with E-state index in [2.05, 4.69) is 10.2 Å². The molecule has 3 aromatic rings. The lowest BCUT2D eigenvalue weighted by molar-refractivity contribution is -0.115. The number of halogens is 2. The van der Waals surface area contributed by atoms with Crippen LogP contribution in [-0.4, -0.2) is 27.0 Å². The topological polar surface area (TPSA) is 75.5 Å². The number of nitrogens with zero attached hydrogens (tertiary/aromatic N) is 3. The van der Waals surface area contributed by atoms with Gasteiger partial charge in [0.2, 0.25) is 11.0 Å². The van der Waals surface area contributed by atoms with Crippen molar-refractivity contribution >= 4 is 57.3 Å². The zero-order valence-corrected chi connectivity index (χ0v) is 17.4. The molecule has 1 aliphatic heterocycles. The number of phenolic OH excluding ortho intramolecular Hbond substituents is 1. The average Bonchev–Trinajstić information content (AvgIpc) is 3.27. The fourth-order valence-electron chi connectivity index (χ4n) is 2.69. The number of thioether (sulfide) groups is 1. The first-order chi connectivity index (χ1) is 13.5. The van der Waals surface area contributed by atoms with E-state index in [0.717, 1.165) is 5.56 Å². The zero-order valence-electron chi connectivity index (χ0n) is 14.2. The summed E-state index contributed by atoms with van der Waals surface area (Å²) in [5, 5.41) is 19.8. The Morgan fingerprint density at radius 1 is 1.21 bits per heavy atom. The summed E-state index contributed by atoms with van der Waals surface area (Å²) in [6.07, 6.45) is 0. The van der Waals surface area contributed by atoms with Crippen LogP contribution in [0.5, 0.6) is 11.5 Å². The Labute approximate surface area is 179 Å². The molecule has 0 aliphatic carbocycles. The van der Waals surface area contributed by atoms with E-state index in [4.69, 9.17) is 27.9 Å². The van der Waals surface area contributed by atoms with Crippen LogP contribution in [0.1, 0.15) is 15.9 Å². The van der Waals surface area contributed by atoms with Crippen LogP contribution in [0.15, 0.2) is 42.5 Å². The van der Waals surface area contributed by atoms with Gasteiger partial charge in [-0.25, -0.2) is 0 Å². The van der Waals surface area contributed by atoms with Gasteiger partial charge in [-0.15, -0.1) is 22.0 Å². The van der Waals surface area contributed by atoms with Gasteiger partial charge in [0.1, 0.15) is 23.5 Å². The lowest BCUT2D eigenvalue weighted by atomic mass is 10.2. The number of phenols is 1. The van der Waals surface area contributed by atoms with Crippen molar-refractivity contribution in [3.05, 3.63) is 63.1 Å². The molecule has 1 atom stereocenters. The third kappa shape index (κ3) is 4.05. The third-order valence-corrected chi connectivity index (χ3v) is 6.57. The summed E-state index contributed by atoms with van der Waals surface area (Å²) in [6.45, 7) is 0.172. The van der Waals surface area contributed by atoms with Crippen molar-refractivity contribution in [3.63, 3.8) is 0 Å². The van der Waals surface area contributed by atoms with Gasteiger partial charge in [0.05, 0.1) is 10.8 Å². The molecule has 0 spiro atoms. The lowest BCUT2D eigenvalue weighted by Crippen LogP contribution is -2.27. The minimum Gasteiger partial charge on any atom is -0.508 e. The smallest absolute Gasteiger partial charge is 0.240 e. The van der Waals surface area contributed by atoms with Crippen molar-refractivity contribution < 1.29 is 14.6 Å². The number of hydrogen-bond acceptors (Lipinski definition) is 7. The number of anilines is 1. The maximum Gasteiger partial charge on any atom is 0.240 e. The number of ether oxygens (including phenoxy) is 1. The number of carbonyl (C=O) groups excluding carboxylic acids is 1. The Kier molecular flexibility index (Phi) is 5.63. The lowest BCUT2D eigenvalue weighted by Gasteiger charge is -2.21. The second-order valence-electron chi connectivity index (χ2n) is 5.86. The second-order valence-corrected chi connectivity index (χ2v) is 8.82. The Balaban J connectivity index is 1.51. The summed E-state index contributed by atoms with van der Waals surface area (Å²) in [7, 11) is 0. The van der Waals surface area contributed by atoms with Crippen LogP contribution < -0.4 is 9.64 Å². The van der Waals surface area contributed by atoms with E-state index in [1.54, 1.807) is 41.3 Å². The maximum absolute atomic E-state index is 12.4. The molecule has 1 saturated heterocycles. The number of benzene rings is 2. The molecule has 0 radical (unpaired) electrons. The van der Waals surface area contributed by atoms with Crippen molar-refractivity contribution in [2.75, 3.05) is 10.7 Å². The standard InChI is InChI=1S/C18H13Cl2N3O3S2/c19-11-4-5-14(13(20)7-11)26-8-15-21-22-18(28-15)23-16(25)9-27-17(23)10-2-1-3-12(24)6-10/h1-7,17,24H,8-9H2. The highest BCUT2D eigenvalue weighted by atomic mass is 35.5. The van der Waals surface area contributed by atoms with Gasteiger partial charge in [-0.05, 0) is 35.9 Å². The summed E-state index contributed by atoms with van der Waals surface area (Å²) in [5.74, 6) is 0.936. The van der Waals surface area contributed by atoms with Gasteiger partial charge in [0.25, 0.3) is 0 Å². The number of hydrogen-bond donors (Lipinski definition) is 1. The van der Waals surface area contributed by atoms with E-state index in [1.165, 1.54) is 23.1 Å². The van der Waals surface area contributed by atoms with Crippen molar-refractivity contribution in [1.29, 1.82) is 0 Å². The minimum atomic E-state index is -0.257. The van der Waals surface area contributed by atoms with Crippen molar-refractivity contribution in [1.82, 2.24) is 10.2 Å². The van der Waals surface area contributed by atoms with E-state index in [0.29, 0.717) is 31.7 Å². The highest BCUT2D eigenvalue weighted by Gasteiger charge is 2.36. The Hall–Kier alpha value is -2.00. The molecule has 1 fully saturated rings. The average molecular weight is 454 g/mol. The fourth-order valence-corrected chi connectivity index (χ4v) is 5.16. The summed E-state index contributed by atoms with van der Waals surface area (Å²) < 4.78 is 5.68. The summed E-state index contributed by atoms with van der Waals surface area (Å²) in [5.41, 5.74) is 0.830. The van der Waals surface area contributed by atoms with Crippen molar-refractivity contribution in [3.8, 4) is 11.5 Å². The van der Waals surface area contributed by atoms with Gasteiger partial charge in [-0.2, -0.15) is 0 Å². The van der Waals surface area contributed by atoms with Gasteiger partial charge < -0.3 is 9.84 Å². The molecule has 1 aliphatic rings. The molecule has 1 N–H and O–H groups in total. The molecule has 0 saturated carbocycles. The summed E-state index contributed by atoms with van der Waals surface area (Å²) >= 11 is 14.7. The van der Waals surface area contributed by atoms with Crippen LogP contribution in [0.4, 0.5) is 5.13 Å². The highest BCUT2D eigenvalue weighted by Crippen LogP contribution is 2.43. The first-order valence-electron chi connectivity index (χ1n) is 8.14. The molecule has 4 rings (SSSR count). The van der Waals surface area contributed by atoms with Gasteiger partial charge in [-0.3, -0.25) is 9.69 Å². The molecule has 2 aromatic carbocycles. The summed E-state index contributed by atoms with van der Waals surface area (Å²) in [4.78, 5) is 14.0. The first-order valence-corrected chi connectivity index (χ1v) is 10.8. The van der Waals surface area contributed by atoms with Crippen LogP contribution in [0.2, 0.25) is 10.0 Å². The number of aromatic hydroxyl groups is 1. The van der Waals surface area contributed by atoms with Gasteiger partial charge in [0.15, 0.2) is 5.01 Å². The van der Waals surface area contributed by atoms with Gasteiger partial charge in [0, 0.05) is 5.02 Å². The molecule has 6 nitrogen and oxygen atoms in total. The largest absolute Gasteiger partial charge is 0.508 e. The predicted molar refractivity (Wildman–Crippen MR) is 111 cm³/mol.